The van der Waals surface area contributed by atoms with Crippen molar-refractivity contribution in [3.63, 3.8) is 0 Å². The molecular weight excluding hydrogens is 244 g/mol. The highest BCUT2D eigenvalue weighted by Crippen LogP contribution is 2.25. The SMILES string of the molecule is NC(=S)c1ccc(N2CCCC(CCO)C2)cc1. The van der Waals surface area contributed by atoms with Crippen LogP contribution in [0.15, 0.2) is 24.3 Å². The van der Waals surface area contributed by atoms with Gasteiger partial charge in [-0.05, 0) is 49.4 Å². The lowest BCUT2D eigenvalue weighted by Crippen LogP contribution is -2.35. The molecule has 0 spiro atoms. The van der Waals surface area contributed by atoms with Crippen molar-refractivity contribution in [2.75, 3.05) is 24.6 Å². The maximum absolute atomic E-state index is 9.03. The van der Waals surface area contributed by atoms with Gasteiger partial charge in [0.1, 0.15) is 4.99 Å². The molecule has 1 aliphatic rings. The number of benzene rings is 1. The molecule has 98 valence electrons. The Labute approximate surface area is 114 Å². The van der Waals surface area contributed by atoms with E-state index >= 15 is 0 Å². The van der Waals surface area contributed by atoms with Crippen molar-refractivity contribution in [3.8, 4) is 0 Å². The number of rotatable bonds is 4. The summed E-state index contributed by atoms with van der Waals surface area (Å²) in [5.41, 5.74) is 7.73. The summed E-state index contributed by atoms with van der Waals surface area (Å²) in [5.74, 6) is 0.610. The van der Waals surface area contributed by atoms with Gasteiger partial charge < -0.3 is 15.7 Å². The number of aliphatic hydroxyl groups is 1. The zero-order valence-electron chi connectivity index (χ0n) is 10.5. The average molecular weight is 264 g/mol. The monoisotopic (exact) mass is 264 g/mol. The number of aliphatic hydroxyl groups excluding tert-OH is 1. The Kier molecular flexibility index (Phi) is 4.55. The summed E-state index contributed by atoms with van der Waals surface area (Å²) in [6.07, 6.45) is 3.32. The molecule has 1 aromatic rings. The van der Waals surface area contributed by atoms with E-state index in [2.05, 4.69) is 17.0 Å². The molecule has 18 heavy (non-hydrogen) atoms. The Morgan fingerprint density at radius 3 is 2.72 bits per heavy atom. The summed E-state index contributed by atoms with van der Waals surface area (Å²) < 4.78 is 0. The molecule has 4 heteroatoms. The summed E-state index contributed by atoms with van der Waals surface area (Å²) in [4.78, 5) is 2.83. The van der Waals surface area contributed by atoms with E-state index in [9.17, 15) is 0 Å². The van der Waals surface area contributed by atoms with Crippen molar-refractivity contribution in [3.05, 3.63) is 29.8 Å². The van der Waals surface area contributed by atoms with Crippen molar-refractivity contribution in [2.45, 2.75) is 19.3 Å². The van der Waals surface area contributed by atoms with Crippen molar-refractivity contribution < 1.29 is 5.11 Å². The maximum Gasteiger partial charge on any atom is 0.103 e. The van der Waals surface area contributed by atoms with Crippen LogP contribution in [0, 0.1) is 5.92 Å². The number of nitrogens with zero attached hydrogens (tertiary/aromatic N) is 1. The van der Waals surface area contributed by atoms with Gasteiger partial charge in [-0.15, -0.1) is 0 Å². The lowest BCUT2D eigenvalue weighted by atomic mass is 9.94. The molecular formula is C14H20N2OS. The Hall–Kier alpha value is -1.13. The largest absolute Gasteiger partial charge is 0.396 e. The molecule has 1 aromatic carbocycles. The highest BCUT2D eigenvalue weighted by molar-refractivity contribution is 7.80. The van der Waals surface area contributed by atoms with Gasteiger partial charge in [0.25, 0.3) is 0 Å². The Bertz CT molecular complexity index is 403. The number of nitrogens with two attached hydrogens (primary N) is 1. The van der Waals surface area contributed by atoms with Crippen LogP contribution in [0.25, 0.3) is 0 Å². The summed E-state index contributed by atoms with van der Waals surface area (Å²) in [7, 11) is 0. The Morgan fingerprint density at radius 2 is 2.11 bits per heavy atom. The van der Waals surface area contributed by atoms with Crippen molar-refractivity contribution in [2.24, 2.45) is 11.7 Å². The van der Waals surface area contributed by atoms with Crippen LogP contribution in [-0.4, -0.2) is 29.8 Å². The number of piperidine rings is 1. The first kappa shape index (κ1) is 13.3. The first-order chi connectivity index (χ1) is 8.70. The van der Waals surface area contributed by atoms with E-state index in [-0.39, 0.29) is 0 Å². The Morgan fingerprint density at radius 1 is 1.39 bits per heavy atom. The molecule has 1 atom stereocenters. The molecule has 0 amide bonds. The predicted octanol–water partition coefficient (Wildman–Crippen LogP) is 1.92. The van der Waals surface area contributed by atoms with Gasteiger partial charge in [-0.1, -0.05) is 12.2 Å². The zero-order valence-corrected chi connectivity index (χ0v) is 11.3. The molecule has 3 N–H and O–H groups in total. The molecule has 0 radical (unpaired) electrons. The minimum Gasteiger partial charge on any atom is -0.396 e. The van der Waals surface area contributed by atoms with Crippen LogP contribution in [0.4, 0.5) is 5.69 Å². The number of thiocarbonyl (C=S) groups is 1. The first-order valence-electron chi connectivity index (χ1n) is 6.46. The molecule has 1 unspecified atom stereocenters. The zero-order chi connectivity index (χ0) is 13.0. The highest BCUT2D eigenvalue weighted by atomic mass is 32.1. The topological polar surface area (TPSA) is 49.5 Å². The molecule has 1 fully saturated rings. The van der Waals surface area contributed by atoms with Crippen LogP contribution in [0.1, 0.15) is 24.8 Å². The van der Waals surface area contributed by atoms with Gasteiger partial charge in [0.15, 0.2) is 0 Å². The minimum atomic E-state index is 0.291. The third-order valence-electron chi connectivity index (χ3n) is 3.57. The lowest BCUT2D eigenvalue weighted by Gasteiger charge is -2.34. The van der Waals surface area contributed by atoms with Crippen LogP contribution in [0.2, 0.25) is 0 Å². The first-order valence-corrected chi connectivity index (χ1v) is 6.87. The standard InChI is InChI=1S/C14H20N2OS/c15-14(18)12-3-5-13(6-4-12)16-8-1-2-11(10-16)7-9-17/h3-6,11,17H,1-2,7-10H2,(H2,15,18). The second kappa shape index (κ2) is 6.16. The fourth-order valence-electron chi connectivity index (χ4n) is 2.55. The number of hydrogen-bond donors (Lipinski definition) is 2. The van der Waals surface area contributed by atoms with Crippen LogP contribution in [-0.2, 0) is 0 Å². The van der Waals surface area contributed by atoms with Crippen molar-refractivity contribution in [1.29, 1.82) is 0 Å². The van der Waals surface area contributed by atoms with Crippen molar-refractivity contribution >= 4 is 22.9 Å². The van der Waals surface area contributed by atoms with Crippen LogP contribution >= 0.6 is 12.2 Å². The molecule has 1 aliphatic heterocycles. The smallest absolute Gasteiger partial charge is 0.103 e. The normalized spacial score (nSPS) is 19.8. The fraction of sp³-hybridized carbons (Fsp3) is 0.500. The van der Waals surface area contributed by atoms with E-state index in [1.54, 1.807) is 0 Å². The molecule has 0 aliphatic carbocycles. The average Bonchev–Trinajstić information content (AvgIpc) is 2.39. The van der Waals surface area contributed by atoms with Crippen LogP contribution < -0.4 is 10.6 Å². The van der Waals surface area contributed by atoms with E-state index in [0.717, 1.165) is 25.1 Å². The summed E-state index contributed by atoms with van der Waals surface area (Å²) >= 11 is 4.95. The molecule has 0 aromatic heterocycles. The van der Waals surface area contributed by atoms with Gasteiger partial charge >= 0.3 is 0 Å². The Balaban J connectivity index is 2.04. The fourth-order valence-corrected chi connectivity index (χ4v) is 2.69. The van der Waals surface area contributed by atoms with E-state index in [4.69, 9.17) is 23.1 Å². The van der Waals surface area contributed by atoms with E-state index in [1.165, 1.54) is 18.5 Å². The van der Waals surface area contributed by atoms with Crippen molar-refractivity contribution in [1.82, 2.24) is 0 Å². The third kappa shape index (κ3) is 3.21. The van der Waals surface area contributed by atoms with Gasteiger partial charge in [0.2, 0.25) is 0 Å². The molecule has 2 rings (SSSR count). The number of anilines is 1. The summed E-state index contributed by atoms with van der Waals surface area (Å²) in [6, 6.07) is 8.12. The van der Waals surface area contributed by atoms with Crippen LogP contribution in [0.3, 0.4) is 0 Å². The maximum atomic E-state index is 9.03. The van der Waals surface area contributed by atoms with Gasteiger partial charge in [-0.3, -0.25) is 0 Å². The summed E-state index contributed by atoms with van der Waals surface area (Å²) in [6.45, 7) is 2.42. The van der Waals surface area contributed by atoms with Gasteiger partial charge in [0, 0.05) is 30.9 Å². The third-order valence-corrected chi connectivity index (χ3v) is 3.81. The van der Waals surface area contributed by atoms with Gasteiger partial charge in [-0.25, -0.2) is 0 Å². The van der Waals surface area contributed by atoms with E-state index in [1.807, 2.05) is 12.1 Å². The predicted molar refractivity (Wildman–Crippen MR) is 79.0 cm³/mol. The van der Waals surface area contributed by atoms with E-state index in [0.29, 0.717) is 17.5 Å². The van der Waals surface area contributed by atoms with E-state index < -0.39 is 0 Å². The molecule has 1 saturated heterocycles. The second-order valence-electron chi connectivity index (χ2n) is 4.88. The van der Waals surface area contributed by atoms with Gasteiger partial charge in [0.05, 0.1) is 0 Å². The molecule has 0 bridgehead atoms. The molecule has 0 saturated carbocycles. The lowest BCUT2D eigenvalue weighted by molar-refractivity contribution is 0.244. The molecule has 1 heterocycles. The quantitative estimate of drug-likeness (QED) is 0.816. The highest BCUT2D eigenvalue weighted by Gasteiger charge is 2.19. The summed E-state index contributed by atoms with van der Waals surface area (Å²) in [5, 5.41) is 9.03. The second-order valence-corrected chi connectivity index (χ2v) is 5.32. The molecule has 3 nitrogen and oxygen atoms in total. The van der Waals surface area contributed by atoms with Gasteiger partial charge in [-0.2, -0.15) is 0 Å². The number of hydrogen-bond acceptors (Lipinski definition) is 3. The minimum absolute atomic E-state index is 0.291. The van der Waals surface area contributed by atoms with Crippen LogP contribution in [0.5, 0.6) is 0 Å².